The van der Waals surface area contributed by atoms with Gasteiger partial charge in [-0.05, 0) is 99.7 Å². The average Bonchev–Trinajstić information content (AvgIpc) is 3.36. The summed E-state index contributed by atoms with van der Waals surface area (Å²) in [5, 5.41) is 5.14. The predicted octanol–water partition coefficient (Wildman–Crippen LogP) is 9.75. The molecule has 0 amide bonds. The minimum absolute atomic E-state index is 0.970. The summed E-state index contributed by atoms with van der Waals surface area (Å²) in [6.07, 6.45) is 12.5. The van der Waals surface area contributed by atoms with E-state index in [2.05, 4.69) is 103 Å². The molecule has 0 saturated carbocycles. The van der Waals surface area contributed by atoms with E-state index in [0.29, 0.717) is 0 Å². The third-order valence-corrected chi connectivity index (χ3v) is 9.14. The molecule has 3 aliphatic rings. The Bertz CT molecular complexity index is 1730. The standard InChI is InChI=1S/C35H27BS/c36-33-12-6-5-11-28(33)21-30-17-18-31-32(27-15-13-23-7-1-3-9-25(23)19-27)22-34(37-35(30)31)29-16-14-24-8-2-4-10-26(24)20-29/h1-4,7-10,12-16,19-22H,5-6,11,17-18H2/b28-21+. The maximum atomic E-state index is 6.41. The Kier molecular flexibility index (Phi) is 5.78. The SMILES string of the molecule is [B]C1=CCCC/C1=C\C1=C2SC(c3ccc4ccccc4c3)=CC(c3ccc4ccccc4c3)=C2CC1. The van der Waals surface area contributed by atoms with E-state index in [1.807, 2.05) is 11.8 Å². The summed E-state index contributed by atoms with van der Waals surface area (Å²) in [4.78, 5) is 2.75. The monoisotopic (exact) mass is 490 g/mol. The molecular weight excluding hydrogens is 463 g/mol. The summed E-state index contributed by atoms with van der Waals surface area (Å²) >= 11 is 1.94. The van der Waals surface area contributed by atoms with Gasteiger partial charge in [-0.2, -0.15) is 0 Å². The molecule has 1 heterocycles. The molecule has 1 aliphatic heterocycles. The van der Waals surface area contributed by atoms with Crippen LogP contribution in [0.15, 0.2) is 130 Å². The molecule has 0 spiro atoms. The van der Waals surface area contributed by atoms with Crippen LogP contribution in [-0.2, 0) is 0 Å². The first-order valence-corrected chi connectivity index (χ1v) is 14.1. The molecule has 4 aromatic rings. The molecule has 2 aliphatic carbocycles. The highest BCUT2D eigenvalue weighted by molar-refractivity contribution is 8.12. The molecule has 0 N–H and O–H groups in total. The van der Waals surface area contributed by atoms with Crippen LogP contribution < -0.4 is 0 Å². The normalized spacial score (nSPS) is 19.0. The molecule has 4 aromatic carbocycles. The Morgan fingerprint density at radius 1 is 0.703 bits per heavy atom. The van der Waals surface area contributed by atoms with E-state index in [0.717, 1.165) is 31.2 Å². The Morgan fingerprint density at radius 3 is 2.11 bits per heavy atom. The van der Waals surface area contributed by atoms with Crippen molar-refractivity contribution in [1.82, 2.24) is 0 Å². The third kappa shape index (κ3) is 4.24. The third-order valence-electron chi connectivity index (χ3n) is 7.85. The highest BCUT2D eigenvalue weighted by Crippen LogP contribution is 2.53. The molecule has 0 bridgehead atoms. The van der Waals surface area contributed by atoms with E-state index >= 15 is 0 Å². The van der Waals surface area contributed by atoms with Crippen molar-refractivity contribution in [3.05, 3.63) is 141 Å². The van der Waals surface area contributed by atoms with Crippen molar-refractivity contribution in [2.45, 2.75) is 32.1 Å². The fourth-order valence-electron chi connectivity index (χ4n) is 5.85. The molecule has 2 radical (unpaired) electrons. The van der Waals surface area contributed by atoms with Crippen molar-refractivity contribution in [3.8, 4) is 0 Å². The van der Waals surface area contributed by atoms with Gasteiger partial charge in [-0.1, -0.05) is 108 Å². The minimum atomic E-state index is 0.970. The molecule has 0 atom stereocenters. The fraction of sp³-hybridized carbons (Fsp3) is 0.143. The lowest BCUT2D eigenvalue weighted by atomic mass is 9.80. The van der Waals surface area contributed by atoms with Crippen molar-refractivity contribution in [3.63, 3.8) is 0 Å². The molecule has 0 fully saturated rings. The number of thioether (sulfide) groups is 1. The molecular formula is C35H27BS. The van der Waals surface area contributed by atoms with Gasteiger partial charge in [0.25, 0.3) is 0 Å². The van der Waals surface area contributed by atoms with Crippen molar-refractivity contribution in [2.75, 3.05) is 0 Å². The molecule has 0 unspecified atom stereocenters. The zero-order chi connectivity index (χ0) is 24.8. The van der Waals surface area contributed by atoms with Crippen LogP contribution in [0.3, 0.4) is 0 Å². The van der Waals surface area contributed by atoms with E-state index in [9.17, 15) is 0 Å². The van der Waals surface area contributed by atoms with E-state index in [1.54, 1.807) is 0 Å². The number of benzene rings is 4. The van der Waals surface area contributed by atoms with Gasteiger partial charge < -0.3 is 0 Å². The van der Waals surface area contributed by atoms with Gasteiger partial charge in [-0.15, -0.1) is 0 Å². The van der Waals surface area contributed by atoms with Crippen LogP contribution in [0.5, 0.6) is 0 Å². The van der Waals surface area contributed by atoms with Crippen LogP contribution in [0.4, 0.5) is 0 Å². The first kappa shape index (κ1) is 22.7. The van der Waals surface area contributed by atoms with E-state index in [1.165, 1.54) is 71.2 Å². The highest BCUT2D eigenvalue weighted by Gasteiger charge is 2.28. The van der Waals surface area contributed by atoms with Crippen LogP contribution >= 0.6 is 11.8 Å². The van der Waals surface area contributed by atoms with Gasteiger partial charge in [-0.25, -0.2) is 0 Å². The number of allylic oxidation sites excluding steroid dienone is 8. The molecule has 7 rings (SSSR count). The summed E-state index contributed by atoms with van der Waals surface area (Å²) in [6.45, 7) is 0. The number of hydrogen-bond donors (Lipinski definition) is 0. The Labute approximate surface area is 224 Å². The van der Waals surface area contributed by atoms with Gasteiger partial charge in [-0.3, -0.25) is 0 Å². The van der Waals surface area contributed by atoms with E-state index in [-0.39, 0.29) is 0 Å². The summed E-state index contributed by atoms with van der Waals surface area (Å²) in [7, 11) is 6.41. The van der Waals surface area contributed by atoms with Crippen LogP contribution in [0.2, 0.25) is 0 Å². The van der Waals surface area contributed by atoms with E-state index in [4.69, 9.17) is 7.85 Å². The van der Waals surface area contributed by atoms with Gasteiger partial charge in [0, 0.05) is 9.81 Å². The first-order chi connectivity index (χ1) is 18.2. The summed E-state index contributed by atoms with van der Waals surface area (Å²) < 4.78 is 0. The Morgan fingerprint density at radius 2 is 1.38 bits per heavy atom. The maximum Gasteiger partial charge on any atom is 0.113 e. The topological polar surface area (TPSA) is 0 Å². The maximum absolute atomic E-state index is 6.41. The minimum Gasteiger partial charge on any atom is -0.0974 e. The van der Waals surface area contributed by atoms with Gasteiger partial charge in [0.05, 0.1) is 0 Å². The second kappa shape index (κ2) is 9.43. The Balaban J connectivity index is 1.41. The quantitative estimate of drug-likeness (QED) is 0.258. The largest absolute Gasteiger partial charge is 0.113 e. The predicted molar refractivity (Wildman–Crippen MR) is 162 cm³/mol. The van der Waals surface area contributed by atoms with Crippen LogP contribution in [-0.4, -0.2) is 7.85 Å². The molecule has 37 heavy (non-hydrogen) atoms. The summed E-state index contributed by atoms with van der Waals surface area (Å²) in [5.41, 5.74) is 9.15. The van der Waals surface area contributed by atoms with Gasteiger partial charge >= 0.3 is 0 Å². The number of rotatable bonds is 3. The lowest BCUT2D eigenvalue weighted by Crippen LogP contribution is -1.98. The van der Waals surface area contributed by atoms with Gasteiger partial charge in [0.2, 0.25) is 0 Å². The fourth-order valence-corrected chi connectivity index (χ4v) is 7.12. The summed E-state index contributed by atoms with van der Waals surface area (Å²) in [6, 6.07) is 31.1. The Hall–Kier alpha value is -3.49. The first-order valence-electron chi connectivity index (χ1n) is 13.2. The lowest BCUT2D eigenvalue weighted by Gasteiger charge is -2.22. The van der Waals surface area contributed by atoms with Crippen molar-refractivity contribution < 1.29 is 0 Å². The van der Waals surface area contributed by atoms with Gasteiger partial charge in [0.15, 0.2) is 0 Å². The highest BCUT2D eigenvalue weighted by atomic mass is 32.2. The van der Waals surface area contributed by atoms with Crippen molar-refractivity contribution >= 4 is 51.6 Å². The smallest absolute Gasteiger partial charge is 0.0974 e. The summed E-state index contributed by atoms with van der Waals surface area (Å²) in [5.74, 6) is 0. The molecule has 0 saturated heterocycles. The van der Waals surface area contributed by atoms with Crippen molar-refractivity contribution in [1.29, 1.82) is 0 Å². The van der Waals surface area contributed by atoms with E-state index < -0.39 is 0 Å². The zero-order valence-electron chi connectivity index (χ0n) is 20.8. The average molecular weight is 490 g/mol. The second-order valence-corrected chi connectivity index (χ2v) is 11.3. The molecule has 0 aromatic heterocycles. The van der Waals surface area contributed by atoms with Crippen LogP contribution in [0.25, 0.3) is 32.0 Å². The van der Waals surface area contributed by atoms with Gasteiger partial charge in [0.1, 0.15) is 7.85 Å². The van der Waals surface area contributed by atoms with Crippen LogP contribution in [0.1, 0.15) is 43.2 Å². The molecule has 176 valence electrons. The van der Waals surface area contributed by atoms with Crippen LogP contribution in [0, 0.1) is 0 Å². The lowest BCUT2D eigenvalue weighted by molar-refractivity contribution is 0.813. The van der Waals surface area contributed by atoms with Crippen molar-refractivity contribution in [2.24, 2.45) is 0 Å². The number of hydrogen-bond acceptors (Lipinski definition) is 1. The number of fused-ring (bicyclic) bond motifs is 3. The molecule has 2 heteroatoms. The molecule has 0 nitrogen and oxygen atoms in total. The second-order valence-electron chi connectivity index (χ2n) is 10.2. The zero-order valence-corrected chi connectivity index (χ0v) is 21.7.